The average molecular weight is 347 g/mol. The van der Waals surface area contributed by atoms with Gasteiger partial charge in [0.15, 0.2) is 0 Å². The summed E-state index contributed by atoms with van der Waals surface area (Å²) in [4.78, 5) is 0.344. The topological polar surface area (TPSA) is 72.4 Å². The molecule has 0 saturated carbocycles. The molecular weight excluding hydrogens is 326 g/mol. The van der Waals surface area contributed by atoms with Gasteiger partial charge < -0.3 is 4.74 Å². The fourth-order valence-electron chi connectivity index (χ4n) is 2.67. The van der Waals surface area contributed by atoms with Crippen LogP contribution in [0.5, 0.6) is 5.88 Å². The second-order valence-electron chi connectivity index (χ2n) is 6.05. The zero-order chi connectivity index (χ0) is 17.2. The van der Waals surface area contributed by atoms with Crippen molar-refractivity contribution >= 4 is 10.0 Å². The van der Waals surface area contributed by atoms with Gasteiger partial charge in [-0.1, -0.05) is 17.7 Å². The molecule has 2 aromatic rings. The highest BCUT2D eigenvalue weighted by molar-refractivity contribution is 7.89. The molecule has 1 saturated heterocycles. The Bertz CT molecular complexity index is 781. The molecule has 0 radical (unpaired) electrons. The van der Waals surface area contributed by atoms with Crippen molar-refractivity contribution in [1.82, 2.24) is 14.5 Å². The highest BCUT2D eigenvalue weighted by Gasteiger charge is 2.30. The predicted molar refractivity (Wildman–Crippen MR) is 90.4 cm³/mol. The zero-order valence-electron chi connectivity index (χ0n) is 13.8. The van der Waals surface area contributed by atoms with Crippen molar-refractivity contribution in [2.45, 2.75) is 37.7 Å². The molecule has 1 aliphatic rings. The lowest BCUT2D eigenvalue weighted by molar-refractivity contribution is 0.128. The van der Waals surface area contributed by atoms with Crippen LogP contribution in [-0.4, -0.2) is 42.1 Å². The second-order valence-corrected chi connectivity index (χ2v) is 7.99. The molecule has 7 heteroatoms. The molecule has 0 atom stereocenters. The third-order valence-corrected chi connectivity index (χ3v) is 6.03. The van der Waals surface area contributed by atoms with Gasteiger partial charge in [0.05, 0.1) is 10.6 Å². The van der Waals surface area contributed by atoms with E-state index in [2.05, 4.69) is 10.2 Å². The van der Waals surface area contributed by atoms with Gasteiger partial charge in [-0.25, -0.2) is 8.42 Å². The summed E-state index contributed by atoms with van der Waals surface area (Å²) in [6.45, 7) is 4.69. The highest BCUT2D eigenvalue weighted by atomic mass is 32.2. The smallest absolute Gasteiger partial charge is 0.243 e. The molecule has 0 unspecified atom stereocenters. The first-order chi connectivity index (χ1) is 11.4. The van der Waals surface area contributed by atoms with Gasteiger partial charge in [-0.3, -0.25) is 0 Å². The van der Waals surface area contributed by atoms with Crippen LogP contribution in [-0.2, 0) is 10.0 Å². The normalized spacial score (nSPS) is 16.9. The van der Waals surface area contributed by atoms with Gasteiger partial charge in [-0.05, 0) is 44.9 Å². The van der Waals surface area contributed by atoms with Crippen LogP contribution in [0, 0.1) is 13.8 Å². The van der Waals surface area contributed by atoms with Crippen LogP contribution in [0.2, 0.25) is 0 Å². The Hall–Kier alpha value is -1.99. The Morgan fingerprint density at radius 1 is 1.00 bits per heavy atom. The molecule has 0 spiro atoms. The van der Waals surface area contributed by atoms with Gasteiger partial charge >= 0.3 is 0 Å². The molecular formula is C17H21N3O3S. The number of sulfonamides is 1. The third-order valence-electron chi connectivity index (χ3n) is 4.12. The molecule has 2 heterocycles. The van der Waals surface area contributed by atoms with Crippen molar-refractivity contribution < 1.29 is 13.2 Å². The Kier molecular flexibility index (Phi) is 4.82. The number of piperidine rings is 1. The molecule has 24 heavy (non-hydrogen) atoms. The van der Waals surface area contributed by atoms with Gasteiger partial charge in [0.25, 0.3) is 0 Å². The quantitative estimate of drug-likeness (QED) is 0.849. The molecule has 128 valence electrons. The maximum Gasteiger partial charge on any atom is 0.243 e. The third kappa shape index (κ3) is 3.73. The van der Waals surface area contributed by atoms with Gasteiger partial charge in [-0.2, -0.15) is 9.40 Å². The van der Waals surface area contributed by atoms with Crippen molar-refractivity contribution in [3.8, 4) is 5.88 Å². The lowest BCUT2D eigenvalue weighted by Gasteiger charge is -2.31. The predicted octanol–water partition coefficient (Wildman–Crippen LogP) is 2.33. The van der Waals surface area contributed by atoms with Crippen molar-refractivity contribution in [3.63, 3.8) is 0 Å². The van der Waals surface area contributed by atoms with Gasteiger partial charge in [0, 0.05) is 19.2 Å². The zero-order valence-corrected chi connectivity index (χ0v) is 14.7. The Balaban J connectivity index is 1.62. The summed E-state index contributed by atoms with van der Waals surface area (Å²) in [6.07, 6.45) is 1.24. The van der Waals surface area contributed by atoms with Crippen LogP contribution >= 0.6 is 0 Å². The van der Waals surface area contributed by atoms with E-state index in [0.29, 0.717) is 36.7 Å². The summed E-state index contributed by atoms with van der Waals surface area (Å²) in [5.74, 6) is 0.487. The summed E-state index contributed by atoms with van der Waals surface area (Å²) in [5, 5.41) is 7.96. The number of rotatable bonds is 4. The highest BCUT2D eigenvalue weighted by Crippen LogP contribution is 2.23. The van der Waals surface area contributed by atoms with Crippen molar-refractivity contribution in [3.05, 3.63) is 47.7 Å². The van der Waals surface area contributed by atoms with E-state index < -0.39 is 10.0 Å². The number of ether oxygens (including phenoxy) is 1. The van der Waals surface area contributed by atoms with Crippen molar-refractivity contribution in [1.29, 1.82) is 0 Å². The fraction of sp³-hybridized carbons (Fsp3) is 0.412. The van der Waals surface area contributed by atoms with E-state index in [1.807, 2.05) is 32.0 Å². The number of nitrogens with zero attached hydrogens (tertiary/aromatic N) is 3. The van der Waals surface area contributed by atoms with Crippen molar-refractivity contribution in [2.24, 2.45) is 0 Å². The van der Waals surface area contributed by atoms with Crippen molar-refractivity contribution in [2.75, 3.05) is 13.1 Å². The van der Waals surface area contributed by atoms with E-state index in [1.54, 1.807) is 18.2 Å². The fourth-order valence-corrected chi connectivity index (χ4v) is 4.14. The molecule has 1 aliphatic heterocycles. The standard InChI is InChI=1S/C17H21N3O3S/c1-13-3-6-16(7-4-13)24(21,22)20-11-9-15(10-12-20)23-17-8-5-14(2)18-19-17/h3-8,15H,9-12H2,1-2H3. The molecule has 6 nitrogen and oxygen atoms in total. The van der Waals surface area contributed by atoms with Crippen LogP contribution in [0.1, 0.15) is 24.1 Å². The minimum atomic E-state index is -3.43. The lowest BCUT2D eigenvalue weighted by Crippen LogP contribution is -2.41. The maximum absolute atomic E-state index is 12.7. The maximum atomic E-state index is 12.7. The number of aromatic nitrogens is 2. The second kappa shape index (κ2) is 6.86. The van der Waals surface area contributed by atoms with Crippen LogP contribution in [0.3, 0.4) is 0 Å². The Morgan fingerprint density at radius 2 is 1.67 bits per heavy atom. The first kappa shape index (κ1) is 16.9. The van der Waals surface area contributed by atoms with Gasteiger partial charge in [0.1, 0.15) is 6.10 Å². The van der Waals surface area contributed by atoms with Crippen LogP contribution in [0.15, 0.2) is 41.3 Å². The van der Waals surface area contributed by atoms with Crippen LogP contribution in [0.25, 0.3) is 0 Å². The van der Waals surface area contributed by atoms with Crippen LogP contribution in [0.4, 0.5) is 0 Å². The number of benzene rings is 1. The van der Waals surface area contributed by atoms with E-state index >= 15 is 0 Å². The molecule has 0 bridgehead atoms. The number of hydrogen-bond acceptors (Lipinski definition) is 5. The molecule has 1 fully saturated rings. The Labute approximate surface area is 142 Å². The molecule has 0 N–H and O–H groups in total. The molecule has 1 aromatic carbocycles. The summed E-state index contributed by atoms with van der Waals surface area (Å²) in [6, 6.07) is 10.6. The number of aryl methyl sites for hydroxylation is 2. The van der Waals surface area contributed by atoms with Gasteiger partial charge in [-0.15, -0.1) is 5.10 Å². The van der Waals surface area contributed by atoms with E-state index in [4.69, 9.17) is 4.74 Å². The minimum absolute atomic E-state index is 0.0357. The molecule has 0 amide bonds. The van der Waals surface area contributed by atoms with E-state index in [9.17, 15) is 8.42 Å². The number of hydrogen-bond donors (Lipinski definition) is 0. The van der Waals surface area contributed by atoms with Gasteiger partial charge in [0.2, 0.25) is 15.9 Å². The average Bonchev–Trinajstić information content (AvgIpc) is 2.58. The summed E-state index contributed by atoms with van der Waals surface area (Å²) in [7, 11) is -3.43. The van der Waals surface area contributed by atoms with E-state index in [1.165, 1.54) is 4.31 Å². The summed E-state index contributed by atoms with van der Waals surface area (Å²) in [5.41, 5.74) is 1.88. The summed E-state index contributed by atoms with van der Waals surface area (Å²) < 4.78 is 32.7. The summed E-state index contributed by atoms with van der Waals surface area (Å²) >= 11 is 0. The van der Waals surface area contributed by atoms with E-state index in [-0.39, 0.29) is 6.10 Å². The Morgan fingerprint density at radius 3 is 2.25 bits per heavy atom. The minimum Gasteiger partial charge on any atom is -0.473 e. The molecule has 3 rings (SSSR count). The SMILES string of the molecule is Cc1ccc(S(=O)(=O)N2CCC(Oc3ccc(C)nn3)CC2)cc1. The molecule has 1 aromatic heterocycles. The first-order valence-electron chi connectivity index (χ1n) is 7.99. The monoisotopic (exact) mass is 347 g/mol. The molecule has 0 aliphatic carbocycles. The van der Waals surface area contributed by atoms with E-state index in [0.717, 1.165) is 11.3 Å². The largest absolute Gasteiger partial charge is 0.473 e. The van der Waals surface area contributed by atoms with Crippen LogP contribution < -0.4 is 4.74 Å². The first-order valence-corrected chi connectivity index (χ1v) is 9.43. The lowest BCUT2D eigenvalue weighted by atomic mass is 10.1.